The molecular formula is C12H23FN2O3. The lowest BCUT2D eigenvalue weighted by Crippen LogP contribution is -2.43. The maximum atomic E-state index is 14.0. The smallest absolute Gasteiger partial charge is 0.410 e. The molecule has 2 N–H and O–H groups in total. The molecular weight excluding hydrogens is 239 g/mol. The Labute approximate surface area is 107 Å². The van der Waals surface area contributed by atoms with Crippen molar-refractivity contribution in [3.8, 4) is 0 Å². The van der Waals surface area contributed by atoms with Crippen LogP contribution < -0.4 is 5.73 Å². The Morgan fingerprint density at radius 3 is 2.17 bits per heavy atom. The Bertz CT molecular complexity index is 315. The van der Waals surface area contributed by atoms with E-state index in [1.165, 1.54) is 18.9 Å². The molecule has 0 saturated carbocycles. The number of rotatable bonds is 5. The van der Waals surface area contributed by atoms with Crippen molar-refractivity contribution in [1.82, 2.24) is 4.90 Å². The van der Waals surface area contributed by atoms with Crippen LogP contribution in [0, 0.1) is 0 Å². The molecule has 1 atom stereocenters. The van der Waals surface area contributed by atoms with Crippen LogP contribution in [0.2, 0.25) is 0 Å². The Kier molecular flexibility index (Phi) is 5.57. The Morgan fingerprint density at radius 1 is 1.33 bits per heavy atom. The summed E-state index contributed by atoms with van der Waals surface area (Å²) in [7, 11) is 1.49. The highest BCUT2D eigenvalue weighted by Gasteiger charge is 2.35. The van der Waals surface area contributed by atoms with Gasteiger partial charge in [0.25, 0.3) is 5.91 Å². The predicted octanol–water partition coefficient (Wildman–Crippen LogP) is 1.85. The van der Waals surface area contributed by atoms with Crippen LogP contribution in [0.15, 0.2) is 0 Å². The quantitative estimate of drug-likeness (QED) is 0.821. The van der Waals surface area contributed by atoms with Crippen molar-refractivity contribution in [1.29, 1.82) is 0 Å². The summed E-state index contributed by atoms with van der Waals surface area (Å²) < 4.78 is 19.1. The van der Waals surface area contributed by atoms with Gasteiger partial charge in [-0.3, -0.25) is 4.79 Å². The summed E-state index contributed by atoms with van der Waals surface area (Å²) >= 11 is 0. The number of amides is 2. The van der Waals surface area contributed by atoms with Crippen molar-refractivity contribution in [2.24, 2.45) is 5.73 Å². The van der Waals surface area contributed by atoms with Crippen molar-refractivity contribution in [2.75, 3.05) is 13.6 Å². The van der Waals surface area contributed by atoms with E-state index in [4.69, 9.17) is 10.5 Å². The van der Waals surface area contributed by atoms with Gasteiger partial charge in [0.15, 0.2) is 5.67 Å². The lowest BCUT2D eigenvalue weighted by molar-refractivity contribution is -0.130. The van der Waals surface area contributed by atoms with E-state index in [1.54, 1.807) is 20.8 Å². The van der Waals surface area contributed by atoms with Gasteiger partial charge < -0.3 is 15.4 Å². The van der Waals surface area contributed by atoms with E-state index >= 15 is 0 Å². The van der Waals surface area contributed by atoms with Crippen molar-refractivity contribution >= 4 is 12.0 Å². The third-order valence-electron chi connectivity index (χ3n) is 2.55. The maximum absolute atomic E-state index is 14.0. The van der Waals surface area contributed by atoms with Gasteiger partial charge in [0.1, 0.15) is 5.60 Å². The fourth-order valence-corrected chi connectivity index (χ4v) is 1.25. The number of alkyl halides is 1. The summed E-state index contributed by atoms with van der Waals surface area (Å²) in [5.74, 6) is -0.998. The highest BCUT2D eigenvalue weighted by Crippen LogP contribution is 2.21. The van der Waals surface area contributed by atoms with Crippen LogP contribution in [0.3, 0.4) is 0 Å². The minimum atomic E-state index is -2.07. The van der Waals surface area contributed by atoms with Crippen molar-refractivity contribution in [3.63, 3.8) is 0 Å². The Hall–Kier alpha value is -1.33. The number of nitrogens with zero attached hydrogens (tertiary/aromatic N) is 1. The molecule has 106 valence electrons. The summed E-state index contributed by atoms with van der Waals surface area (Å²) in [6.45, 7) is 6.84. The van der Waals surface area contributed by atoms with Gasteiger partial charge >= 0.3 is 6.09 Å². The molecule has 0 bridgehead atoms. The highest BCUT2D eigenvalue weighted by molar-refractivity contribution is 5.83. The van der Waals surface area contributed by atoms with Gasteiger partial charge in [-0.05, 0) is 27.2 Å². The summed E-state index contributed by atoms with van der Waals surface area (Å²) in [6, 6.07) is 0. The van der Waals surface area contributed by atoms with E-state index in [2.05, 4.69) is 0 Å². The van der Waals surface area contributed by atoms with Crippen molar-refractivity contribution in [2.45, 2.75) is 51.8 Å². The SMILES string of the molecule is CCC(F)(CCN(C)C(=O)OC(C)(C)C)C(N)=O. The number of carbonyl (C=O) groups excluding carboxylic acids is 2. The minimum Gasteiger partial charge on any atom is -0.444 e. The number of primary amides is 1. The van der Waals surface area contributed by atoms with Gasteiger partial charge in [0, 0.05) is 20.0 Å². The van der Waals surface area contributed by atoms with Gasteiger partial charge in [0.05, 0.1) is 0 Å². The molecule has 1 unspecified atom stereocenters. The highest BCUT2D eigenvalue weighted by atomic mass is 19.1. The molecule has 0 rings (SSSR count). The first-order valence-corrected chi connectivity index (χ1v) is 5.95. The monoisotopic (exact) mass is 262 g/mol. The number of carbonyl (C=O) groups is 2. The summed E-state index contributed by atoms with van der Waals surface area (Å²) in [4.78, 5) is 23.8. The Balaban J connectivity index is 4.38. The van der Waals surface area contributed by atoms with E-state index in [0.29, 0.717) is 0 Å². The van der Waals surface area contributed by atoms with Crippen LogP contribution in [0.4, 0.5) is 9.18 Å². The molecule has 0 spiro atoms. The summed E-state index contributed by atoms with van der Waals surface area (Å²) in [5, 5.41) is 0. The van der Waals surface area contributed by atoms with E-state index < -0.39 is 23.3 Å². The zero-order valence-corrected chi connectivity index (χ0v) is 11.7. The normalized spacial score (nSPS) is 14.8. The fraction of sp³-hybridized carbons (Fsp3) is 0.833. The molecule has 0 aliphatic heterocycles. The lowest BCUT2D eigenvalue weighted by Gasteiger charge is -2.27. The van der Waals surface area contributed by atoms with E-state index in [0.717, 1.165) is 0 Å². The van der Waals surface area contributed by atoms with Gasteiger partial charge in [0.2, 0.25) is 0 Å². The van der Waals surface area contributed by atoms with E-state index in [-0.39, 0.29) is 19.4 Å². The minimum absolute atomic E-state index is 0.00943. The third-order valence-corrected chi connectivity index (χ3v) is 2.55. The second-order valence-electron chi connectivity index (χ2n) is 5.34. The average Bonchev–Trinajstić information content (AvgIpc) is 2.22. The van der Waals surface area contributed by atoms with E-state index in [9.17, 15) is 14.0 Å². The predicted molar refractivity (Wildman–Crippen MR) is 66.8 cm³/mol. The molecule has 6 heteroatoms. The first-order chi connectivity index (χ1) is 8.02. The lowest BCUT2D eigenvalue weighted by atomic mass is 9.98. The standard InChI is InChI=1S/C12H23FN2O3/c1-6-12(13,9(14)16)7-8-15(5)10(17)18-11(2,3)4/h6-8H2,1-5H3,(H2,14,16). The first-order valence-electron chi connectivity index (χ1n) is 5.95. The zero-order valence-electron chi connectivity index (χ0n) is 11.7. The number of hydrogen-bond donors (Lipinski definition) is 1. The van der Waals surface area contributed by atoms with Crippen LogP contribution in [0.5, 0.6) is 0 Å². The maximum Gasteiger partial charge on any atom is 0.410 e. The van der Waals surface area contributed by atoms with Crippen LogP contribution >= 0.6 is 0 Å². The topological polar surface area (TPSA) is 72.6 Å². The number of halogens is 1. The molecule has 5 nitrogen and oxygen atoms in total. The molecule has 0 aliphatic rings. The van der Waals surface area contributed by atoms with E-state index in [1.807, 2.05) is 0 Å². The number of ether oxygens (including phenoxy) is 1. The second-order valence-corrected chi connectivity index (χ2v) is 5.34. The van der Waals surface area contributed by atoms with Gasteiger partial charge in [-0.25, -0.2) is 9.18 Å². The molecule has 0 radical (unpaired) electrons. The zero-order chi connectivity index (χ0) is 14.6. The van der Waals surface area contributed by atoms with Gasteiger partial charge in [-0.15, -0.1) is 0 Å². The number of nitrogens with two attached hydrogens (primary N) is 1. The molecule has 0 aromatic heterocycles. The van der Waals surface area contributed by atoms with Gasteiger partial charge in [-0.2, -0.15) is 0 Å². The van der Waals surface area contributed by atoms with Crippen LogP contribution in [-0.2, 0) is 9.53 Å². The van der Waals surface area contributed by atoms with Crippen LogP contribution in [0.25, 0.3) is 0 Å². The molecule has 0 fully saturated rings. The average molecular weight is 262 g/mol. The molecule has 0 heterocycles. The first kappa shape index (κ1) is 16.7. The molecule has 0 aliphatic carbocycles. The van der Waals surface area contributed by atoms with Crippen LogP contribution in [-0.4, -0.2) is 41.8 Å². The molecule has 0 saturated heterocycles. The summed E-state index contributed by atoms with van der Waals surface area (Å²) in [6.07, 6.45) is -0.690. The number of hydrogen-bond acceptors (Lipinski definition) is 3. The third kappa shape index (κ3) is 5.33. The molecule has 0 aromatic rings. The fourth-order valence-electron chi connectivity index (χ4n) is 1.25. The van der Waals surface area contributed by atoms with Gasteiger partial charge in [-0.1, -0.05) is 6.92 Å². The summed E-state index contributed by atoms with van der Waals surface area (Å²) in [5.41, 5.74) is 2.32. The molecule has 2 amide bonds. The second kappa shape index (κ2) is 6.02. The van der Waals surface area contributed by atoms with Crippen LogP contribution in [0.1, 0.15) is 40.5 Å². The van der Waals surface area contributed by atoms with Crippen molar-refractivity contribution in [3.05, 3.63) is 0 Å². The Morgan fingerprint density at radius 2 is 1.83 bits per heavy atom. The largest absolute Gasteiger partial charge is 0.444 e. The molecule has 18 heavy (non-hydrogen) atoms. The molecule has 0 aromatic carbocycles. The van der Waals surface area contributed by atoms with Crippen molar-refractivity contribution < 1.29 is 18.7 Å².